The number of nitrogens with two attached hydrogens (primary N) is 1. The van der Waals surface area contributed by atoms with Crippen molar-refractivity contribution in [3.05, 3.63) is 28.8 Å². The number of aryl methyl sites for hydroxylation is 1. The molecule has 1 atom stereocenters. The van der Waals surface area contributed by atoms with Crippen LogP contribution in [0.2, 0.25) is 5.02 Å². The molecule has 0 spiro atoms. The van der Waals surface area contributed by atoms with Crippen LogP contribution in [0.15, 0.2) is 18.2 Å². The summed E-state index contributed by atoms with van der Waals surface area (Å²) in [4.78, 5) is 12.0. The number of rotatable bonds is 4. The number of hydrogen-bond acceptors (Lipinski definition) is 2. The van der Waals surface area contributed by atoms with Gasteiger partial charge in [0.25, 0.3) is 0 Å². The van der Waals surface area contributed by atoms with E-state index in [0.29, 0.717) is 17.1 Å². The van der Waals surface area contributed by atoms with Crippen molar-refractivity contribution in [2.45, 2.75) is 46.6 Å². The second-order valence-corrected chi connectivity index (χ2v) is 6.62. The van der Waals surface area contributed by atoms with Gasteiger partial charge in [-0.3, -0.25) is 4.79 Å². The first-order valence-electron chi connectivity index (χ1n) is 6.49. The maximum absolute atomic E-state index is 12.0. The second-order valence-electron chi connectivity index (χ2n) is 6.21. The molecule has 0 aromatic heterocycles. The molecule has 0 fully saturated rings. The Bertz CT molecular complexity index is 432. The van der Waals surface area contributed by atoms with Crippen LogP contribution < -0.4 is 11.1 Å². The van der Waals surface area contributed by atoms with E-state index in [0.717, 1.165) is 12.0 Å². The summed E-state index contributed by atoms with van der Waals surface area (Å²) in [5.41, 5.74) is 7.75. The third-order valence-corrected chi connectivity index (χ3v) is 3.12. The van der Waals surface area contributed by atoms with Crippen molar-refractivity contribution in [1.82, 2.24) is 0 Å². The number of carbonyl (C=O) groups is 1. The number of benzene rings is 1. The number of para-hydroxylation sites is 1. The molecule has 0 heterocycles. The Kier molecular flexibility index (Phi) is 5.39. The van der Waals surface area contributed by atoms with E-state index in [1.165, 1.54) is 0 Å². The Morgan fingerprint density at radius 3 is 2.58 bits per heavy atom. The van der Waals surface area contributed by atoms with Gasteiger partial charge < -0.3 is 11.1 Å². The van der Waals surface area contributed by atoms with E-state index in [-0.39, 0.29) is 17.4 Å². The molecule has 19 heavy (non-hydrogen) atoms. The Labute approximate surface area is 120 Å². The first kappa shape index (κ1) is 16.0. The summed E-state index contributed by atoms with van der Waals surface area (Å²) in [5.74, 6) is -0.0899. The average molecular weight is 283 g/mol. The van der Waals surface area contributed by atoms with Gasteiger partial charge in [0.05, 0.1) is 10.7 Å². The fourth-order valence-electron chi connectivity index (χ4n) is 2.08. The van der Waals surface area contributed by atoms with Crippen molar-refractivity contribution in [3.8, 4) is 0 Å². The summed E-state index contributed by atoms with van der Waals surface area (Å²) in [7, 11) is 0. The molecule has 0 bridgehead atoms. The summed E-state index contributed by atoms with van der Waals surface area (Å²) < 4.78 is 0. The van der Waals surface area contributed by atoms with Gasteiger partial charge in [-0.2, -0.15) is 0 Å². The van der Waals surface area contributed by atoms with Crippen LogP contribution in [0.25, 0.3) is 0 Å². The molecule has 0 aliphatic heterocycles. The number of amides is 1. The Morgan fingerprint density at radius 2 is 2.05 bits per heavy atom. The first-order chi connectivity index (χ1) is 8.69. The molecule has 0 saturated heterocycles. The Morgan fingerprint density at radius 1 is 1.42 bits per heavy atom. The van der Waals surface area contributed by atoms with E-state index in [1.54, 1.807) is 6.07 Å². The standard InChI is InChI=1S/C15H23ClN2O/c1-10-6-5-7-12(16)14(10)18-13(19)8-11(17)9-15(2,3)4/h5-7,11H,8-9,17H2,1-4H3,(H,18,19). The van der Waals surface area contributed by atoms with Crippen molar-refractivity contribution in [3.63, 3.8) is 0 Å². The topological polar surface area (TPSA) is 55.1 Å². The zero-order chi connectivity index (χ0) is 14.6. The number of carbonyl (C=O) groups excluding carboxylic acids is 1. The average Bonchev–Trinajstić information content (AvgIpc) is 2.20. The Hall–Kier alpha value is -1.06. The van der Waals surface area contributed by atoms with E-state index in [1.807, 2.05) is 19.1 Å². The molecule has 1 rings (SSSR count). The van der Waals surface area contributed by atoms with Crippen molar-refractivity contribution >= 4 is 23.2 Å². The molecular formula is C15H23ClN2O. The SMILES string of the molecule is Cc1cccc(Cl)c1NC(=O)CC(N)CC(C)(C)C. The molecule has 1 amide bonds. The largest absolute Gasteiger partial charge is 0.327 e. The highest BCUT2D eigenvalue weighted by Crippen LogP contribution is 2.26. The number of nitrogens with one attached hydrogen (secondary N) is 1. The molecule has 3 nitrogen and oxygen atoms in total. The van der Waals surface area contributed by atoms with E-state index in [9.17, 15) is 4.79 Å². The minimum Gasteiger partial charge on any atom is -0.327 e. The lowest BCUT2D eigenvalue weighted by Gasteiger charge is -2.22. The van der Waals surface area contributed by atoms with Crippen LogP contribution in [-0.4, -0.2) is 11.9 Å². The smallest absolute Gasteiger partial charge is 0.225 e. The van der Waals surface area contributed by atoms with Crippen LogP contribution in [0.1, 0.15) is 39.2 Å². The predicted octanol–water partition coefficient (Wildman–Crippen LogP) is 3.74. The Balaban J connectivity index is 2.61. The van der Waals surface area contributed by atoms with E-state index >= 15 is 0 Å². The maximum Gasteiger partial charge on any atom is 0.225 e. The predicted molar refractivity (Wildman–Crippen MR) is 81.5 cm³/mol. The van der Waals surface area contributed by atoms with Crippen LogP contribution >= 0.6 is 11.6 Å². The summed E-state index contributed by atoms with van der Waals surface area (Å²) in [6.07, 6.45) is 1.11. The minimum absolute atomic E-state index is 0.0899. The second kappa shape index (κ2) is 6.40. The van der Waals surface area contributed by atoms with Crippen LogP contribution in [0.4, 0.5) is 5.69 Å². The van der Waals surface area contributed by atoms with Crippen molar-refractivity contribution in [2.75, 3.05) is 5.32 Å². The zero-order valence-corrected chi connectivity index (χ0v) is 12.8. The van der Waals surface area contributed by atoms with E-state index in [2.05, 4.69) is 26.1 Å². The van der Waals surface area contributed by atoms with E-state index in [4.69, 9.17) is 17.3 Å². The minimum atomic E-state index is -0.136. The van der Waals surface area contributed by atoms with Gasteiger partial charge in [-0.1, -0.05) is 44.5 Å². The third-order valence-electron chi connectivity index (χ3n) is 2.81. The van der Waals surface area contributed by atoms with Crippen LogP contribution in [0.3, 0.4) is 0 Å². The van der Waals surface area contributed by atoms with Gasteiger partial charge in [-0.25, -0.2) is 0 Å². The van der Waals surface area contributed by atoms with Gasteiger partial charge in [0, 0.05) is 12.5 Å². The highest BCUT2D eigenvalue weighted by atomic mass is 35.5. The molecule has 4 heteroatoms. The summed E-state index contributed by atoms with van der Waals surface area (Å²) in [6, 6.07) is 5.40. The zero-order valence-electron chi connectivity index (χ0n) is 12.1. The van der Waals surface area contributed by atoms with Crippen molar-refractivity contribution in [2.24, 2.45) is 11.1 Å². The van der Waals surface area contributed by atoms with Crippen molar-refractivity contribution < 1.29 is 4.79 Å². The molecule has 1 aromatic carbocycles. The normalized spacial score (nSPS) is 13.2. The van der Waals surface area contributed by atoms with E-state index < -0.39 is 0 Å². The molecule has 0 radical (unpaired) electrons. The van der Waals surface area contributed by atoms with Gasteiger partial charge >= 0.3 is 0 Å². The molecular weight excluding hydrogens is 260 g/mol. The molecule has 106 valence electrons. The lowest BCUT2D eigenvalue weighted by atomic mass is 9.87. The van der Waals surface area contributed by atoms with Gasteiger partial charge in [-0.15, -0.1) is 0 Å². The fourth-order valence-corrected chi connectivity index (χ4v) is 2.35. The van der Waals surface area contributed by atoms with Crippen LogP contribution in [-0.2, 0) is 4.79 Å². The lowest BCUT2D eigenvalue weighted by Crippen LogP contribution is -2.31. The van der Waals surface area contributed by atoms with Gasteiger partial charge in [0.2, 0.25) is 5.91 Å². The fraction of sp³-hybridized carbons (Fsp3) is 0.533. The molecule has 0 saturated carbocycles. The number of halogens is 1. The van der Waals surface area contributed by atoms with Crippen LogP contribution in [0.5, 0.6) is 0 Å². The molecule has 3 N–H and O–H groups in total. The number of anilines is 1. The van der Waals surface area contributed by atoms with Gasteiger partial charge in [0.15, 0.2) is 0 Å². The summed E-state index contributed by atoms with van der Waals surface area (Å²) in [6.45, 7) is 8.26. The first-order valence-corrected chi connectivity index (χ1v) is 6.87. The maximum atomic E-state index is 12.0. The summed E-state index contributed by atoms with van der Waals surface area (Å²) >= 11 is 6.07. The monoisotopic (exact) mass is 282 g/mol. The third kappa shape index (κ3) is 5.62. The highest BCUT2D eigenvalue weighted by molar-refractivity contribution is 6.33. The quantitative estimate of drug-likeness (QED) is 0.884. The molecule has 0 aliphatic rings. The number of hydrogen-bond donors (Lipinski definition) is 2. The lowest BCUT2D eigenvalue weighted by molar-refractivity contribution is -0.116. The van der Waals surface area contributed by atoms with Gasteiger partial charge in [0.1, 0.15) is 0 Å². The molecule has 0 aliphatic carbocycles. The van der Waals surface area contributed by atoms with Crippen LogP contribution in [0, 0.1) is 12.3 Å². The highest BCUT2D eigenvalue weighted by Gasteiger charge is 2.18. The van der Waals surface area contributed by atoms with Crippen molar-refractivity contribution in [1.29, 1.82) is 0 Å². The summed E-state index contributed by atoms with van der Waals surface area (Å²) in [5, 5.41) is 3.40. The molecule has 1 aromatic rings. The van der Waals surface area contributed by atoms with Gasteiger partial charge in [-0.05, 0) is 30.4 Å². The molecule has 1 unspecified atom stereocenters.